The fourth-order valence-electron chi connectivity index (χ4n) is 3.80. The number of rotatable bonds is 4. The Labute approximate surface area is 124 Å². The molecule has 0 aromatic heterocycles. The summed E-state index contributed by atoms with van der Waals surface area (Å²) in [6, 6.07) is 7.03. The molecule has 0 saturated heterocycles. The molecule has 0 bridgehead atoms. The monoisotopic (exact) mass is 274 g/mol. The zero-order valence-electron chi connectivity index (χ0n) is 13.4. The molecule has 112 valence electrons. The second-order valence-electron chi connectivity index (χ2n) is 6.92. The van der Waals surface area contributed by atoms with Crippen LogP contribution in [0.3, 0.4) is 0 Å². The maximum absolute atomic E-state index is 5.89. The van der Waals surface area contributed by atoms with Gasteiger partial charge in [0.05, 0.1) is 0 Å². The summed E-state index contributed by atoms with van der Waals surface area (Å²) in [5, 5.41) is 0. The Bertz CT molecular complexity index is 431. The average Bonchev–Trinajstić information content (AvgIpc) is 2.42. The van der Waals surface area contributed by atoms with Gasteiger partial charge < -0.3 is 0 Å². The highest BCUT2D eigenvalue weighted by atomic mass is 15.2. The molecule has 0 spiro atoms. The molecule has 1 saturated carbocycles. The summed E-state index contributed by atoms with van der Waals surface area (Å²) in [5.41, 5.74) is 7.16. The molecule has 20 heavy (non-hydrogen) atoms. The number of nitrogens with one attached hydrogen (secondary N) is 1. The number of nitrogens with two attached hydrogens (primary N) is 1. The van der Waals surface area contributed by atoms with Crippen molar-refractivity contribution in [3.05, 3.63) is 34.9 Å². The summed E-state index contributed by atoms with van der Waals surface area (Å²) < 4.78 is 0. The third kappa shape index (κ3) is 3.42. The Morgan fingerprint density at radius 3 is 2.15 bits per heavy atom. The topological polar surface area (TPSA) is 38.0 Å². The van der Waals surface area contributed by atoms with Gasteiger partial charge in [-0.2, -0.15) is 0 Å². The van der Waals surface area contributed by atoms with Gasteiger partial charge in [0, 0.05) is 6.04 Å². The zero-order chi connectivity index (χ0) is 14.7. The third-order valence-corrected chi connectivity index (χ3v) is 5.17. The van der Waals surface area contributed by atoms with Crippen molar-refractivity contribution in [2.24, 2.45) is 23.6 Å². The standard InChI is InChI=1S/C18H30N2/c1-12(2)15-6-8-16(9-7-15)18(20-19)17-10-5-13(3)11-14(17)4/h5,10-12,15-16,18,20H,6-9,19H2,1-4H3. The molecule has 1 unspecified atom stereocenters. The summed E-state index contributed by atoms with van der Waals surface area (Å²) in [7, 11) is 0. The minimum Gasteiger partial charge on any atom is -0.271 e. The molecular weight excluding hydrogens is 244 g/mol. The Morgan fingerprint density at radius 2 is 1.65 bits per heavy atom. The summed E-state index contributed by atoms with van der Waals surface area (Å²) in [5.74, 6) is 8.29. The number of aryl methyl sites for hydroxylation is 2. The van der Waals surface area contributed by atoms with E-state index in [0.717, 1.165) is 11.8 Å². The van der Waals surface area contributed by atoms with E-state index in [2.05, 4.69) is 51.3 Å². The van der Waals surface area contributed by atoms with Gasteiger partial charge in [0.25, 0.3) is 0 Å². The van der Waals surface area contributed by atoms with Crippen LogP contribution in [0.2, 0.25) is 0 Å². The lowest BCUT2D eigenvalue weighted by atomic mass is 9.73. The van der Waals surface area contributed by atoms with E-state index in [4.69, 9.17) is 5.84 Å². The van der Waals surface area contributed by atoms with Crippen molar-refractivity contribution in [3.8, 4) is 0 Å². The Morgan fingerprint density at radius 1 is 1.05 bits per heavy atom. The molecule has 1 atom stereocenters. The van der Waals surface area contributed by atoms with Crippen molar-refractivity contribution in [2.75, 3.05) is 0 Å². The molecule has 1 fully saturated rings. The molecule has 2 rings (SSSR count). The summed E-state index contributed by atoms with van der Waals surface area (Å²) in [4.78, 5) is 0. The molecule has 0 aliphatic heterocycles. The van der Waals surface area contributed by atoms with Gasteiger partial charge >= 0.3 is 0 Å². The zero-order valence-corrected chi connectivity index (χ0v) is 13.4. The molecule has 0 amide bonds. The molecular formula is C18H30N2. The first kappa shape index (κ1) is 15.5. The van der Waals surface area contributed by atoms with Gasteiger partial charge in [-0.05, 0) is 68.4 Å². The van der Waals surface area contributed by atoms with Gasteiger partial charge in [-0.3, -0.25) is 11.3 Å². The minimum absolute atomic E-state index is 0.309. The fourth-order valence-corrected chi connectivity index (χ4v) is 3.80. The van der Waals surface area contributed by atoms with Crippen LogP contribution in [0, 0.1) is 31.6 Å². The first-order valence-electron chi connectivity index (χ1n) is 8.06. The lowest BCUT2D eigenvalue weighted by Crippen LogP contribution is -2.36. The van der Waals surface area contributed by atoms with Crippen LogP contribution in [-0.4, -0.2) is 0 Å². The number of hydrazine groups is 1. The lowest BCUT2D eigenvalue weighted by molar-refractivity contribution is 0.189. The fraction of sp³-hybridized carbons (Fsp3) is 0.667. The van der Waals surface area contributed by atoms with Gasteiger partial charge in [-0.25, -0.2) is 0 Å². The molecule has 1 aromatic carbocycles. The predicted octanol–water partition coefficient (Wildman–Crippen LogP) is 4.27. The molecule has 0 heterocycles. The van der Waals surface area contributed by atoms with E-state index in [1.807, 2.05) is 0 Å². The van der Waals surface area contributed by atoms with Crippen molar-refractivity contribution < 1.29 is 0 Å². The maximum Gasteiger partial charge on any atom is 0.0490 e. The second kappa shape index (κ2) is 6.73. The van der Waals surface area contributed by atoms with Crippen LogP contribution >= 0.6 is 0 Å². The Balaban J connectivity index is 2.09. The van der Waals surface area contributed by atoms with E-state index < -0.39 is 0 Å². The molecule has 1 aliphatic carbocycles. The van der Waals surface area contributed by atoms with Crippen LogP contribution < -0.4 is 11.3 Å². The van der Waals surface area contributed by atoms with Crippen LogP contribution in [0.15, 0.2) is 18.2 Å². The largest absolute Gasteiger partial charge is 0.271 e. The van der Waals surface area contributed by atoms with Crippen molar-refractivity contribution in [2.45, 2.75) is 59.4 Å². The SMILES string of the molecule is Cc1ccc(C(NN)C2CCC(C(C)C)CC2)c(C)c1. The van der Waals surface area contributed by atoms with Crippen LogP contribution in [0.1, 0.15) is 62.3 Å². The van der Waals surface area contributed by atoms with E-state index in [1.165, 1.54) is 42.4 Å². The molecule has 2 heteroatoms. The highest BCUT2D eigenvalue weighted by Gasteiger charge is 2.29. The number of hydrogen-bond donors (Lipinski definition) is 2. The van der Waals surface area contributed by atoms with E-state index in [-0.39, 0.29) is 0 Å². The summed E-state index contributed by atoms with van der Waals surface area (Å²) >= 11 is 0. The first-order valence-corrected chi connectivity index (χ1v) is 8.06. The quantitative estimate of drug-likeness (QED) is 0.635. The summed E-state index contributed by atoms with van der Waals surface area (Å²) in [6.45, 7) is 9.06. The van der Waals surface area contributed by atoms with Gasteiger partial charge in [0.15, 0.2) is 0 Å². The molecule has 3 N–H and O–H groups in total. The van der Waals surface area contributed by atoms with Gasteiger partial charge in [-0.15, -0.1) is 0 Å². The Hall–Kier alpha value is -0.860. The number of hydrogen-bond acceptors (Lipinski definition) is 2. The van der Waals surface area contributed by atoms with Gasteiger partial charge in [0.2, 0.25) is 0 Å². The van der Waals surface area contributed by atoms with E-state index in [9.17, 15) is 0 Å². The average molecular weight is 274 g/mol. The molecule has 2 nitrogen and oxygen atoms in total. The first-order chi connectivity index (χ1) is 9.52. The minimum atomic E-state index is 0.309. The normalized spacial score (nSPS) is 24.9. The lowest BCUT2D eigenvalue weighted by Gasteiger charge is -2.36. The van der Waals surface area contributed by atoms with E-state index in [0.29, 0.717) is 12.0 Å². The smallest absolute Gasteiger partial charge is 0.0490 e. The maximum atomic E-state index is 5.89. The number of benzene rings is 1. The van der Waals surface area contributed by atoms with Gasteiger partial charge in [-0.1, -0.05) is 37.6 Å². The van der Waals surface area contributed by atoms with Gasteiger partial charge in [0.1, 0.15) is 0 Å². The van der Waals surface area contributed by atoms with E-state index >= 15 is 0 Å². The predicted molar refractivity (Wildman–Crippen MR) is 86.3 cm³/mol. The second-order valence-corrected chi connectivity index (χ2v) is 6.92. The highest BCUT2D eigenvalue weighted by molar-refractivity contribution is 5.33. The van der Waals surface area contributed by atoms with Crippen LogP contribution in [-0.2, 0) is 0 Å². The van der Waals surface area contributed by atoms with Crippen molar-refractivity contribution >= 4 is 0 Å². The third-order valence-electron chi connectivity index (χ3n) is 5.17. The van der Waals surface area contributed by atoms with E-state index in [1.54, 1.807) is 0 Å². The molecule has 1 aromatic rings. The Kier molecular flexibility index (Phi) is 5.22. The molecule has 0 radical (unpaired) electrons. The van der Waals surface area contributed by atoms with Crippen LogP contribution in [0.5, 0.6) is 0 Å². The van der Waals surface area contributed by atoms with Crippen molar-refractivity contribution in [3.63, 3.8) is 0 Å². The molecule has 1 aliphatic rings. The summed E-state index contributed by atoms with van der Waals surface area (Å²) in [6.07, 6.45) is 5.30. The van der Waals surface area contributed by atoms with Crippen LogP contribution in [0.25, 0.3) is 0 Å². The highest BCUT2D eigenvalue weighted by Crippen LogP contribution is 2.39. The van der Waals surface area contributed by atoms with Crippen molar-refractivity contribution in [1.29, 1.82) is 0 Å². The van der Waals surface area contributed by atoms with Crippen molar-refractivity contribution in [1.82, 2.24) is 5.43 Å². The van der Waals surface area contributed by atoms with Crippen LogP contribution in [0.4, 0.5) is 0 Å².